The lowest BCUT2D eigenvalue weighted by Gasteiger charge is -2.04. The molecule has 0 aliphatic heterocycles. The largest absolute Gasteiger partial charge is 0.505 e. The molecule has 1 heterocycles. The standard InChI is InChI=1S/C17H22N2O/c1-2-3-4-5-6-7-14-8-10-15(11-9-14)17-18-12-16(20)13-19-17/h8-13,20H,2-7H2,1H3. The third kappa shape index (κ3) is 4.34. The van der Waals surface area contributed by atoms with E-state index in [2.05, 4.69) is 29.0 Å². The monoisotopic (exact) mass is 270 g/mol. The molecule has 1 aromatic carbocycles. The number of unbranched alkanes of at least 4 members (excludes halogenated alkanes) is 4. The Hall–Kier alpha value is -1.90. The predicted octanol–water partition coefficient (Wildman–Crippen LogP) is 4.36. The quantitative estimate of drug-likeness (QED) is 0.760. The molecule has 0 amide bonds. The minimum Gasteiger partial charge on any atom is -0.505 e. The van der Waals surface area contributed by atoms with Gasteiger partial charge in [0.2, 0.25) is 0 Å². The number of aryl methyl sites for hydroxylation is 1. The van der Waals surface area contributed by atoms with Crippen LogP contribution in [0.4, 0.5) is 0 Å². The second-order valence-electron chi connectivity index (χ2n) is 5.13. The minimum atomic E-state index is 0.0949. The Morgan fingerprint density at radius 3 is 2.20 bits per heavy atom. The second kappa shape index (κ2) is 7.63. The Balaban J connectivity index is 1.88. The number of benzene rings is 1. The van der Waals surface area contributed by atoms with Gasteiger partial charge in [-0.2, -0.15) is 0 Å². The van der Waals surface area contributed by atoms with Crippen molar-refractivity contribution in [1.29, 1.82) is 0 Å². The van der Waals surface area contributed by atoms with Crippen molar-refractivity contribution < 1.29 is 5.11 Å². The number of nitrogens with zero attached hydrogens (tertiary/aromatic N) is 2. The lowest BCUT2D eigenvalue weighted by atomic mass is 10.0. The maximum Gasteiger partial charge on any atom is 0.159 e. The van der Waals surface area contributed by atoms with Gasteiger partial charge in [0.1, 0.15) is 0 Å². The van der Waals surface area contributed by atoms with Crippen LogP contribution in [-0.2, 0) is 6.42 Å². The first-order valence-electron chi connectivity index (χ1n) is 7.40. The Labute approximate surface area is 120 Å². The molecule has 20 heavy (non-hydrogen) atoms. The Kier molecular flexibility index (Phi) is 5.54. The van der Waals surface area contributed by atoms with Crippen LogP contribution in [-0.4, -0.2) is 15.1 Å². The number of aromatic hydroxyl groups is 1. The van der Waals surface area contributed by atoms with Gasteiger partial charge in [-0.05, 0) is 18.4 Å². The Morgan fingerprint density at radius 2 is 1.55 bits per heavy atom. The maximum absolute atomic E-state index is 9.18. The van der Waals surface area contributed by atoms with E-state index in [0.29, 0.717) is 5.82 Å². The Morgan fingerprint density at radius 1 is 0.900 bits per heavy atom. The molecule has 2 aromatic rings. The van der Waals surface area contributed by atoms with Crippen molar-refractivity contribution in [3.63, 3.8) is 0 Å². The molecule has 106 valence electrons. The van der Waals surface area contributed by atoms with E-state index in [1.54, 1.807) is 0 Å². The van der Waals surface area contributed by atoms with Crippen LogP contribution in [0.2, 0.25) is 0 Å². The molecular weight excluding hydrogens is 248 g/mol. The molecular formula is C17H22N2O. The number of hydrogen-bond donors (Lipinski definition) is 1. The summed E-state index contributed by atoms with van der Waals surface area (Å²) in [5.41, 5.74) is 2.35. The van der Waals surface area contributed by atoms with E-state index < -0.39 is 0 Å². The van der Waals surface area contributed by atoms with Gasteiger partial charge < -0.3 is 5.11 Å². The van der Waals surface area contributed by atoms with Crippen LogP contribution in [0.1, 0.15) is 44.6 Å². The first-order valence-corrected chi connectivity index (χ1v) is 7.40. The van der Waals surface area contributed by atoms with Gasteiger partial charge in [0.15, 0.2) is 11.6 Å². The van der Waals surface area contributed by atoms with Crippen molar-refractivity contribution >= 4 is 0 Å². The van der Waals surface area contributed by atoms with Gasteiger partial charge in [0.05, 0.1) is 12.4 Å². The van der Waals surface area contributed by atoms with Gasteiger partial charge in [0.25, 0.3) is 0 Å². The molecule has 1 aromatic heterocycles. The van der Waals surface area contributed by atoms with Crippen molar-refractivity contribution in [2.45, 2.75) is 45.4 Å². The van der Waals surface area contributed by atoms with Crippen LogP contribution in [0.25, 0.3) is 11.4 Å². The lowest BCUT2D eigenvalue weighted by Crippen LogP contribution is -1.89. The van der Waals surface area contributed by atoms with Crippen LogP contribution in [0, 0.1) is 0 Å². The van der Waals surface area contributed by atoms with E-state index in [9.17, 15) is 5.11 Å². The summed E-state index contributed by atoms with van der Waals surface area (Å²) in [5.74, 6) is 0.745. The smallest absolute Gasteiger partial charge is 0.159 e. The van der Waals surface area contributed by atoms with E-state index in [1.165, 1.54) is 50.1 Å². The summed E-state index contributed by atoms with van der Waals surface area (Å²) >= 11 is 0. The summed E-state index contributed by atoms with van der Waals surface area (Å²) in [4.78, 5) is 8.23. The molecule has 3 heteroatoms. The van der Waals surface area contributed by atoms with Gasteiger partial charge >= 0.3 is 0 Å². The molecule has 0 aliphatic carbocycles. The lowest BCUT2D eigenvalue weighted by molar-refractivity contribution is 0.470. The summed E-state index contributed by atoms with van der Waals surface area (Å²) in [6.07, 6.45) is 10.5. The highest BCUT2D eigenvalue weighted by Gasteiger charge is 2.01. The summed E-state index contributed by atoms with van der Waals surface area (Å²) < 4.78 is 0. The molecule has 2 rings (SSSR count). The van der Waals surface area contributed by atoms with Crippen LogP contribution in [0.5, 0.6) is 5.75 Å². The zero-order chi connectivity index (χ0) is 14.2. The maximum atomic E-state index is 9.18. The van der Waals surface area contributed by atoms with Crippen molar-refractivity contribution in [1.82, 2.24) is 9.97 Å². The highest BCUT2D eigenvalue weighted by molar-refractivity contribution is 5.55. The van der Waals surface area contributed by atoms with Crippen molar-refractivity contribution in [2.24, 2.45) is 0 Å². The van der Waals surface area contributed by atoms with Crippen LogP contribution >= 0.6 is 0 Å². The van der Waals surface area contributed by atoms with Gasteiger partial charge in [0, 0.05) is 5.56 Å². The molecule has 0 bridgehead atoms. The highest BCUT2D eigenvalue weighted by atomic mass is 16.3. The highest BCUT2D eigenvalue weighted by Crippen LogP contribution is 2.18. The molecule has 0 unspecified atom stereocenters. The minimum absolute atomic E-state index is 0.0949. The fraction of sp³-hybridized carbons (Fsp3) is 0.412. The molecule has 0 radical (unpaired) electrons. The van der Waals surface area contributed by atoms with Crippen LogP contribution in [0.15, 0.2) is 36.7 Å². The average Bonchev–Trinajstić information content (AvgIpc) is 2.49. The number of rotatable bonds is 7. The molecule has 0 aliphatic rings. The van der Waals surface area contributed by atoms with Gasteiger partial charge in [-0.3, -0.25) is 0 Å². The molecule has 0 spiro atoms. The summed E-state index contributed by atoms with van der Waals surface area (Å²) in [5, 5.41) is 9.18. The molecule has 0 fully saturated rings. The zero-order valence-corrected chi connectivity index (χ0v) is 12.0. The van der Waals surface area contributed by atoms with E-state index in [4.69, 9.17) is 0 Å². The third-order valence-corrected chi connectivity index (χ3v) is 3.42. The summed E-state index contributed by atoms with van der Waals surface area (Å²) in [7, 11) is 0. The predicted molar refractivity (Wildman–Crippen MR) is 81.6 cm³/mol. The fourth-order valence-corrected chi connectivity index (χ4v) is 2.22. The van der Waals surface area contributed by atoms with E-state index in [0.717, 1.165) is 12.0 Å². The normalized spacial score (nSPS) is 10.7. The van der Waals surface area contributed by atoms with E-state index in [-0.39, 0.29) is 5.75 Å². The van der Waals surface area contributed by atoms with Gasteiger partial charge in [-0.15, -0.1) is 0 Å². The molecule has 0 saturated carbocycles. The molecule has 3 nitrogen and oxygen atoms in total. The Bertz CT molecular complexity index is 506. The number of hydrogen-bond acceptors (Lipinski definition) is 3. The van der Waals surface area contributed by atoms with Gasteiger partial charge in [-0.25, -0.2) is 9.97 Å². The van der Waals surface area contributed by atoms with E-state index in [1.807, 2.05) is 12.1 Å². The molecule has 0 saturated heterocycles. The SMILES string of the molecule is CCCCCCCc1ccc(-c2ncc(O)cn2)cc1. The fourth-order valence-electron chi connectivity index (χ4n) is 2.22. The van der Waals surface area contributed by atoms with Crippen molar-refractivity contribution in [3.8, 4) is 17.1 Å². The molecule has 1 N–H and O–H groups in total. The van der Waals surface area contributed by atoms with Crippen molar-refractivity contribution in [3.05, 3.63) is 42.2 Å². The topological polar surface area (TPSA) is 46.0 Å². The summed E-state index contributed by atoms with van der Waals surface area (Å²) in [6, 6.07) is 8.39. The molecule has 0 atom stereocenters. The first-order chi connectivity index (χ1) is 9.79. The first kappa shape index (κ1) is 14.5. The summed E-state index contributed by atoms with van der Waals surface area (Å²) in [6.45, 7) is 2.24. The van der Waals surface area contributed by atoms with Crippen LogP contribution in [0.3, 0.4) is 0 Å². The number of aromatic nitrogens is 2. The zero-order valence-electron chi connectivity index (χ0n) is 12.0. The average molecular weight is 270 g/mol. The van der Waals surface area contributed by atoms with Crippen molar-refractivity contribution in [2.75, 3.05) is 0 Å². The third-order valence-electron chi connectivity index (χ3n) is 3.42. The van der Waals surface area contributed by atoms with Crippen LogP contribution < -0.4 is 0 Å². The second-order valence-corrected chi connectivity index (χ2v) is 5.13. The van der Waals surface area contributed by atoms with Gasteiger partial charge in [-0.1, -0.05) is 56.9 Å². The van der Waals surface area contributed by atoms with E-state index >= 15 is 0 Å².